The number of halogens is 3. The summed E-state index contributed by atoms with van der Waals surface area (Å²) >= 11 is 1.48. The zero-order chi connectivity index (χ0) is 22.1. The molecule has 3 unspecified atom stereocenters. The molecule has 0 spiro atoms. The van der Waals surface area contributed by atoms with Gasteiger partial charge in [-0.2, -0.15) is 0 Å². The lowest BCUT2D eigenvalue weighted by atomic mass is 9.97. The molecule has 0 amide bonds. The molecule has 2 aromatic rings. The number of nitrogens with zero attached hydrogens (tertiary/aromatic N) is 3. The van der Waals surface area contributed by atoms with Crippen molar-refractivity contribution in [3.63, 3.8) is 0 Å². The molecule has 7 nitrogen and oxygen atoms in total. The van der Waals surface area contributed by atoms with Crippen molar-refractivity contribution >= 4 is 11.8 Å². The molecule has 2 fully saturated rings. The molecule has 5 atom stereocenters. The number of hydrogen-bond acceptors (Lipinski definition) is 7. The number of rotatable bonds is 5. The summed E-state index contributed by atoms with van der Waals surface area (Å²) in [5.74, 6) is -4.31. The van der Waals surface area contributed by atoms with Gasteiger partial charge in [0.1, 0.15) is 35.5 Å². The molecule has 1 aliphatic heterocycles. The van der Waals surface area contributed by atoms with E-state index in [9.17, 15) is 28.5 Å². The smallest absolute Gasteiger partial charge is 0.194 e. The van der Waals surface area contributed by atoms with Gasteiger partial charge in [0.05, 0.1) is 12.8 Å². The topological polar surface area (TPSA) is 101 Å². The minimum atomic E-state index is -1.58. The van der Waals surface area contributed by atoms with Gasteiger partial charge in [0.15, 0.2) is 17.5 Å². The fourth-order valence-electron chi connectivity index (χ4n) is 4.14. The first kappa shape index (κ1) is 22.5. The van der Waals surface area contributed by atoms with Crippen LogP contribution < -0.4 is 0 Å². The molecule has 2 heterocycles. The van der Waals surface area contributed by atoms with Gasteiger partial charge < -0.3 is 20.1 Å². The van der Waals surface area contributed by atoms with Gasteiger partial charge in [-0.1, -0.05) is 24.5 Å². The summed E-state index contributed by atoms with van der Waals surface area (Å²) in [5, 5.41) is 39.4. The van der Waals surface area contributed by atoms with E-state index in [0.29, 0.717) is 5.25 Å². The monoisotopic (exact) mass is 459 g/mol. The van der Waals surface area contributed by atoms with Crippen LogP contribution in [0, 0.1) is 17.5 Å². The lowest BCUT2D eigenvalue weighted by molar-refractivity contribution is -0.178. The largest absolute Gasteiger partial charge is 0.394 e. The molecule has 1 aromatic carbocycles. The lowest BCUT2D eigenvalue weighted by Crippen LogP contribution is -2.55. The average Bonchev–Trinajstić information content (AvgIpc) is 3.24. The molecule has 4 rings (SSSR count). The van der Waals surface area contributed by atoms with Gasteiger partial charge >= 0.3 is 0 Å². The number of aliphatic hydroxyl groups excluding tert-OH is 3. The van der Waals surface area contributed by atoms with E-state index in [0.717, 1.165) is 37.8 Å². The highest BCUT2D eigenvalue weighted by molar-refractivity contribution is 8.00. The Kier molecular flexibility index (Phi) is 6.87. The van der Waals surface area contributed by atoms with Crippen LogP contribution in [0.2, 0.25) is 0 Å². The van der Waals surface area contributed by atoms with Gasteiger partial charge in [-0.3, -0.25) is 0 Å². The molecule has 3 N–H and O–H groups in total. The summed E-state index contributed by atoms with van der Waals surface area (Å²) < 4.78 is 47.4. The highest BCUT2D eigenvalue weighted by atomic mass is 32.2. The van der Waals surface area contributed by atoms with E-state index in [2.05, 4.69) is 10.3 Å². The van der Waals surface area contributed by atoms with Crippen LogP contribution in [0.3, 0.4) is 0 Å². The molecule has 1 aliphatic carbocycles. The Hall–Kier alpha value is -1.66. The predicted octanol–water partition coefficient (Wildman–Crippen LogP) is 2.41. The summed E-state index contributed by atoms with van der Waals surface area (Å²) in [5.41, 5.74) is -0.687. The fraction of sp³-hybridized carbons (Fsp3) is 0.600. The van der Waals surface area contributed by atoms with Crippen LogP contribution in [0.15, 0.2) is 18.3 Å². The van der Waals surface area contributed by atoms with E-state index >= 15 is 0 Å². The Morgan fingerprint density at radius 1 is 1.06 bits per heavy atom. The zero-order valence-electron chi connectivity index (χ0n) is 16.6. The van der Waals surface area contributed by atoms with Crippen molar-refractivity contribution in [2.75, 3.05) is 6.61 Å². The van der Waals surface area contributed by atoms with Crippen LogP contribution in [0.5, 0.6) is 0 Å². The summed E-state index contributed by atoms with van der Waals surface area (Å²) in [6, 6.07) is 0.590. The molecule has 2 aliphatic rings. The Labute approximate surface area is 181 Å². The predicted molar refractivity (Wildman–Crippen MR) is 107 cm³/mol. The first-order valence-corrected chi connectivity index (χ1v) is 11.2. The van der Waals surface area contributed by atoms with Crippen LogP contribution in [0.25, 0.3) is 11.3 Å². The third-order valence-corrected chi connectivity index (χ3v) is 7.34. The summed E-state index contributed by atoms with van der Waals surface area (Å²) in [6.07, 6.45) is 3.31. The Balaban J connectivity index is 1.59. The van der Waals surface area contributed by atoms with Gasteiger partial charge in [-0.05, 0) is 25.0 Å². The quantitative estimate of drug-likeness (QED) is 0.591. The van der Waals surface area contributed by atoms with Gasteiger partial charge in [0.25, 0.3) is 0 Å². The standard InChI is InChI=1S/C20H24F3N3O4S/c21-12-6-10(7-13(22)16(12)23)14-8-26(25-24-14)17-18(28)15(9-27)30-20(19(17)29)31-11-4-2-1-3-5-11/h6-8,11,15,17-20,27-29H,1-5,9H2/t15?,17?,18-,19?,20+/m0/s1. The average molecular weight is 459 g/mol. The number of benzene rings is 1. The van der Waals surface area contributed by atoms with Crippen molar-refractivity contribution in [3.05, 3.63) is 35.8 Å². The fourth-order valence-corrected chi connectivity index (χ4v) is 5.66. The Morgan fingerprint density at radius 3 is 2.39 bits per heavy atom. The lowest BCUT2D eigenvalue weighted by Gasteiger charge is -2.43. The second kappa shape index (κ2) is 9.45. The first-order chi connectivity index (χ1) is 14.9. The second-order valence-corrected chi connectivity index (χ2v) is 9.33. The minimum absolute atomic E-state index is 0.0365. The summed E-state index contributed by atoms with van der Waals surface area (Å²) in [6.45, 7) is -0.456. The van der Waals surface area contributed by atoms with Gasteiger partial charge in [0.2, 0.25) is 0 Å². The number of thioether (sulfide) groups is 1. The third-order valence-electron chi connectivity index (χ3n) is 5.82. The molecule has 1 aromatic heterocycles. The van der Waals surface area contributed by atoms with Crippen LogP contribution >= 0.6 is 11.8 Å². The molecular weight excluding hydrogens is 435 g/mol. The Bertz CT molecular complexity index is 889. The van der Waals surface area contributed by atoms with E-state index < -0.39 is 53.8 Å². The second-order valence-electron chi connectivity index (χ2n) is 7.93. The molecule has 1 saturated heterocycles. The van der Waals surface area contributed by atoms with Crippen LogP contribution in [-0.4, -0.2) is 65.9 Å². The van der Waals surface area contributed by atoms with Crippen molar-refractivity contribution < 1.29 is 33.2 Å². The van der Waals surface area contributed by atoms with Crippen LogP contribution in [0.4, 0.5) is 13.2 Å². The highest BCUT2D eigenvalue weighted by Gasteiger charge is 2.47. The summed E-state index contributed by atoms with van der Waals surface area (Å²) in [7, 11) is 0. The van der Waals surface area contributed by atoms with E-state index in [4.69, 9.17) is 4.74 Å². The molecule has 0 radical (unpaired) electrons. The number of ether oxygens (including phenoxy) is 1. The van der Waals surface area contributed by atoms with E-state index in [1.54, 1.807) is 0 Å². The molecular formula is C20H24F3N3O4S. The third kappa shape index (κ3) is 4.61. The maximum atomic E-state index is 13.6. The molecule has 1 saturated carbocycles. The van der Waals surface area contributed by atoms with Gasteiger partial charge in [0, 0.05) is 10.8 Å². The maximum Gasteiger partial charge on any atom is 0.194 e. The minimum Gasteiger partial charge on any atom is -0.394 e. The summed E-state index contributed by atoms with van der Waals surface area (Å²) in [4.78, 5) is 0. The highest BCUT2D eigenvalue weighted by Crippen LogP contribution is 2.40. The Morgan fingerprint density at radius 2 is 1.74 bits per heavy atom. The first-order valence-electron chi connectivity index (χ1n) is 10.2. The van der Waals surface area contributed by atoms with Crippen molar-refractivity contribution in [1.29, 1.82) is 0 Å². The van der Waals surface area contributed by atoms with Gasteiger partial charge in [-0.15, -0.1) is 16.9 Å². The van der Waals surface area contributed by atoms with E-state index in [1.165, 1.54) is 29.1 Å². The van der Waals surface area contributed by atoms with Gasteiger partial charge in [-0.25, -0.2) is 17.9 Å². The van der Waals surface area contributed by atoms with E-state index in [1.807, 2.05) is 0 Å². The number of aliphatic hydroxyl groups is 3. The normalized spacial score (nSPS) is 29.9. The molecule has 31 heavy (non-hydrogen) atoms. The van der Waals surface area contributed by atoms with Crippen LogP contribution in [0.1, 0.15) is 38.1 Å². The number of aromatic nitrogens is 3. The van der Waals surface area contributed by atoms with Crippen molar-refractivity contribution in [1.82, 2.24) is 15.0 Å². The molecule has 170 valence electrons. The van der Waals surface area contributed by atoms with Crippen molar-refractivity contribution in [2.45, 2.75) is 67.1 Å². The maximum absolute atomic E-state index is 13.6. The SMILES string of the molecule is OCC1O[C@H](SC2CCCCC2)C(O)C(n2cc(-c3cc(F)c(F)c(F)c3)nn2)[C@H]1O. The molecule has 11 heteroatoms. The van der Waals surface area contributed by atoms with E-state index in [-0.39, 0.29) is 11.3 Å². The van der Waals surface area contributed by atoms with Crippen LogP contribution in [-0.2, 0) is 4.74 Å². The van der Waals surface area contributed by atoms with Crippen molar-refractivity contribution in [3.8, 4) is 11.3 Å². The zero-order valence-corrected chi connectivity index (χ0v) is 17.4. The van der Waals surface area contributed by atoms with Crippen molar-refractivity contribution in [2.24, 2.45) is 0 Å². The molecule has 0 bridgehead atoms. The number of hydrogen-bond donors (Lipinski definition) is 3.